The van der Waals surface area contributed by atoms with Gasteiger partial charge in [0.2, 0.25) is 5.91 Å². The summed E-state index contributed by atoms with van der Waals surface area (Å²) in [5.74, 6) is 0.965. The second-order valence-electron chi connectivity index (χ2n) is 7.16. The van der Waals surface area contributed by atoms with Gasteiger partial charge in [0.25, 0.3) is 5.91 Å². The van der Waals surface area contributed by atoms with E-state index in [1.807, 2.05) is 21.9 Å². The fraction of sp³-hybridized carbons (Fsp3) is 0.579. The van der Waals surface area contributed by atoms with Crippen molar-refractivity contribution in [2.75, 3.05) is 39.3 Å². The van der Waals surface area contributed by atoms with Crippen molar-refractivity contribution in [2.24, 2.45) is 5.92 Å². The van der Waals surface area contributed by atoms with Crippen LogP contribution in [0, 0.1) is 5.92 Å². The third-order valence-corrected chi connectivity index (χ3v) is 6.56. The molecule has 0 aliphatic carbocycles. The van der Waals surface area contributed by atoms with Crippen molar-refractivity contribution in [1.82, 2.24) is 15.1 Å². The molecule has 2 amide bonds. The summed E-state index contributed by atoms with van der Waals surface area (Å²) >= 11 is 1.47. The first kappa shape index (κ1) is 20.2. The molecule has 0 radical (unpaired) electrons. The molecule has 148 valence electrons. The van der Waals surface area contributed by atoms with E-state index >= 15 is 0 Å². The van der Waals surface area contributed by atoms with Gasteiger partial charge in [0.05, 0.1) is 15.8 Å². The van der Waals surface area contributed by atoms with E-state index in [0.29, 0.717) is 43.4 Å². The summed E-state index contributed by atoms with van der Waals surface area (Å²) in [7, 11) is 0. The first-order valence-electron chi connectivity index (χ1n) is 9.45. The molecule has 0 bridgehead atoms. The van der Waals surface area contributed by atoms with E-state index in [1.165, 1.54) is 24.2 Å². The Morgan fingerprint density at radius 2 is 1.85 bits per heavy atom. The van der Waals surface area contributed by atoms with Crippen molar-refractivity contribution in [3.63, 3.8) is 0 Å². The van der Waals surface area contributed by atoms with Crippen LogP contribution >= 0.6 is 23.7 Å². The number of fused-ring (bicyclic) bond motifs is 1. The zero-order valence-corrected chi connectivity index (χ0v) is 16.9. The van der Waals surface area contributed by atoms with Gasteiger partial charge in [-0.25, -0.2) is 0 Å². The predicted octanol–water partition coefficient (Wildman–Crippen LogP) is 2.98. The molecule has 27 heavy (non-hydrogen) atoms. The summed E-state index contributed by atoms with van der Waals surface area (Å²) in [6.07, 6.45) is 5.63. The van der Waals surface area contributed by atoms with Crippen LogP contribution in [0.25, 0.3) is 10.3 Å². The lowest BCUT2D eigenvalue weighted by molar-refractivity contribution is -0.133. The average Bonchev–Trinajstić information content (AvgIpc) is 3.29. The zero-order chi connectivity index (χ0) is 17.9. The van der Waals surface area contributed by atoms with Gasteiger partial charge in [0.1, 0.15) is 5.58 Å². The molecule has 8 heteroatoms. The number of piperazine rings is 1. The molecule has 6 nitrogen and oxygen atoms in total. The van der Waals surface area contributed by atoms with Crippen LogP contribution in [-0.2, 0) is 4.79 Å². The molecule has 2 aliphatic heterocycles. The molecule has 0 atom stereocenters. The SMILES string of the molecule is Cl.O=C(CCC1CCNCC1)N1CCN(C(=O)c2cc3occc3s2)CC1. The van der Waals surface area contributed by atoms with Gasteiger partial charge in [-0.2, -0.15) is 0 Å². The average molecular weight is 412 g/mol. The molecule has 4 heterocycles. The molecule has 0 spiro atoms. The van der Waals surface area contributed by atoms with Crippen LogP contribution in [0.4, 0.5) is 0 Å². The minimum absolute atomic E-state index is 0. The molecule has 4 rings (SSSR count). The van der Waals surface area contributed by atoms with Crippen LogP contribution in [0.15, 0.2) is 22.8 Å². The number of rotatable bonds is 4. The van der Waals surface area contributed by atoms with Crippen molar-refractivity contribution >= 4 is 45.8 Å². The van der Waals surface area contributed by atoms with E-state index in [4.69, 9.17) is 4.42 Å². The number of halogens is 1. The molecule has 0 unspecified atom stereocenters. The summed E-state index contributed by atoms with van der Waals surface area (Å²) in [6, 6.07) is 3.70. The van der Waals surface area contributed by atoms with Gasteiger partial charge in [0.15, 0.2) is 0 Å². The van der Waals surface area contributed by atoms with Gasteiger partial charge < -0.3 is 19.5 Å². The minimum atomic E-state index is 0. The Bertz CT molecular complexity index is 748. The van der Waals surface area contributed by atoms with Gasteiger partial charge in [-0.3, -0.25) is 9.59 Å². The molecule has 2 aromatic rings. The first-order chi connectivity index (χ1) is 12.7. The number of piperidine rings is 1. The van der Waals surface area contributed by atoms with Crippen LogP contribution in [0.2, 0.25) is 0 Å². The number of nitrogens with one attached hydrogen (secondary N) is 1. The summed E-state index contributed by atoms with van der Waals surface area (Å²) in [5.41, 5.74) is 0.769. The summed E-state index contributed by atoms with van der Waals surface area (Å²) in [4.78, 5) is 29.6. The van der Waals surface area contributed by atoms with Crippen LogP contribution < -0.4 is 5.32 Å². The number of carbonyl (C=O) groups excluding carboxylic acids is 2. The third kappa shape index (κ3) is 4.65. The number of furan rings is 1. The van der Waals surface area contributed by atoms with E-state index in [-0.39, 0.29) is 24.2 Å². The standard InChI is InChI=1S/C19H25N3O3S.ClH/c23-18(2-1-14-3-6-20-7-4-14)21-8-10-22(11-9-21)19(24)17-13-15-16(26-17)5-12-25-15;/h5,12-14,20H,1-4,6-11H2;1H. The second-order valence-corrected chi connectivity index (χ2v) is 8.25. The molecular weight excluding hydrogens is 386 g/mol. The Labute approximate surface area is 169 Å². The summed E-state index contributed by atoms with van der Waals surface area (Å²) in [5, 5.41) is 3.36. The number of carbonyl (C=O) groups is 2. The number of hydrogen-bond acceptors (Lipinski definition) is 5. The molecule has 1 N–H and O–H groups in total. The van der Waals surface area contributed by atoms with Crippen molar-refractivity contribution in [2.45, 2.75) is 25.7 Å². The second kappa shape index (κ2) is 9.08. The highest BCUT2D eigenvalue weighted by Gasteiger charge is 2.26. The maximum Gasteiger partial charge on any atom is 0.264 e. The zero-order valence-electron chi connectivity index (χ0n) is 15.3. The number of nitrogens with zero attached hydrogens (tertiary/aromatic N) is 2. The monoisotopic (exact) mass is 411 g/mol. The number of hydrogen-bond donors (Lipinski definition) is 1. The van der Waals surface area contributed by atoms with Gasteiger partial charge in [-0.15, -0.1) is 23.7 Å². The number of thiophene rings is 1. The lowest BCUT2D eigenvalue weighted by Gasteiger charge is -2.35. The summed E-state index contributed by atoms with van der Waals surface area (Å²) < 4.78 is 6.34. The lowest BCUT2D eigenvalue weighted by atomic mass is 9.93. The third-order valence-electron chi connectivity index (χ3n) is 5.49. The fourth-order valence-electron chi connectivity index (χ4n) is 3.84. The summed E-state index contributed by atoms with van der Waals surface area (Å²) in [6.45, 7) is 4.64. The minimum Gasteiger partial charge on any atom is -0.463 e. The van der Waals surface area contributed by atoms with Crippen LogP contribution in [0.5, 0.6) is 0 Å². The molecular formula is C19H26ClN3O3S. The first-order valence-corrected chi connectivity index (χ1v) is 10.3. The van der Waals surface area contributed by atoms with E-state index in [9.17, 15) is 9.59 Å². The fourth-order valence-corrected chi connectivity index (χ4v) is 4.79. The van der Waals surface area contributed by atoms with Gasteiger partial charge in [0, 0.05) is 38.7 Å². The highest BCUT2D eigenvalue weighted by molar-refractivity contribution is 7.20. The molecule has 0 saturated carbocycles. The molecule has 2 aromatic heterocycles. The Balaban J connectivity index is 0.00000210. The Kier molecular flexibility index (Phi) is 6.78. The lowest BCUT2D eigenvalue weighted by Crippen LogP contribution is -2.50. The maximum absolute atomic E-state index is 12.7. The van der Waals surface area contributed by atoms with Gasteiger partial charge >= 0.3 is 0 Å². The Hall–Kier alpha value is -1.57. The molecule has 0 aromatic carbocycles. The predicted molar refractivity (Wildman–Crippen MR) is 109 cm³/mol. The number of amides is 2. The van der Waals surface area contributed by atoms with Crippen LogP contribution in [0.3, 0.4) is 0 Å². The topological polar surface area (TPSA) is 65.8 Å². The van der Waals surface area contributed by atoms with E-state index in [0.717, 1.165) is 29.8 Å². The van der Waals surface area contributed by atoms with Crippen LogP contribution in [0.1, 0.15) is 35.4 Å². The molecule has 2 fully saturated rings. The van der Waals surface area contributed by atoms with Gasteiger partial charge in [-0.1, -0.05) is 0 Å². The Morgan fingerprint density at radius 1 is 1.15 bits per heavy atom. The van der Waals surface area contributed by atoms with E-state index in [1.54, 1.807) is 6.26 Å². The normalized spacial score (nSPS) is 18.5. The maximum atomic E-state index is 12.7. The quantitative estimate of drug-likeness (QED) is 0.839. The Morgan fingerprint density at radius 3 is 2.56 bits per heavy atom. The highest BCUT2D eigenvalue weighted by atomic mass is 35.5. The van der Waals surface area contributed by atoms with E-state index in [2.05, 4.69) is 5.32 Å². The molecule has 2 aliphatic rings. The molecule has 2 saturated heterocycles. The van der Waals surface area contributed by atoms with Crippen molar-refractivity contribution in [3.05, 3.63) is 23.3 Å². The van der Waals surface area contributed by atoms with Crippen molar-refractivity contribution in [3.8, 4) is 0 Å². The van der Waals surface area contributed by atoms with Crippen LogP contribution in [-0.4, -0.2) is 60.9 Å². The van der Waals surface area contributed by atoms with E-state index < -0.39 is 0 Å². The van der Waals surface area contributed by atoms with Crippen molar-refractivity contribution in [1.29, 1.82) is 0 Å². The largest absolute Gasteiger partial charge is 0.463 e. The smallest absolute Gasteiger partial charge is 0.264 e. The van der Waals surface area contributed by atoms with Crippen molar-refractivity contribution < 1.29 is 14.0 Å². The van der Waals surface area contributed by atoms with Gasteiger partial charge in [-0.05, 0) is 44.3 Å². The highest BCUT2D eigenvalue weighted by Crippen LogP contribution is 2.27.